The summed E-state index contributed by atoms with van der Waals surface area (Å²) in [7, 11) is 0. The molecule has 25 heavy (non-hydrogen) atoms. The van der Waals surface area contributed by atoms with E-state index in [0.717, 1.165) is 5.56 Å². The number of hydrogen-bond donors (Lipinski definition) is 2. The standard InChI is InChI=1S/C19H17FN4O/c1-13-5-7-14(8-6-13)12-21-18-10-9-17(23-24-18)19(25)22-16-4-2-3-15(20)11-16/h2-11H,12H2,1H3,(H,21,24)(H,22,25). The molecule has 0 aliphatic carbocycles. The second-order valence-corrected chi connectivity index (χ2v) is 5.61. The topological polar surface area (TPSA) is 66.9 Å². The van der Waals surface area contributed by atoms with Crippen LogP contribution in [0.15, 0.2) is 60.7 Å². The summed E-state index contributed by atoms with van der Waals surface area (Å²) in [6.45, 7) is 2.65. The van der Waals surface area contributed by atoms with Crippen LogP contribution in [-0.4, -0.2) is 16.1 Å². The predicted molar refractivity (Wildman–Crippen MR) is 94.9 cm³/mol. The molecule has 0 bridgehead atoms. The van der Waals surface area contributed by atoms with Crippen molar-refractivity contribution in [1.29, 1.82) is 0 Å². The second kappa shape index (κ2) is 7.53. The molecule has 0 aliphatic heterocycles. The smallest absolute Gasteiger partial charge is 0.276 e. The summed E-state index contributed by atoms with van der Waals surface area (Å²) in [5.74, 6) is -0.286. The molecule has 0 spiro atoms. The minimum absolute atomic E-state index is 0.158. The first kappa shape index (κ1) is 16.6. The Balaban J connectivity index is 1.59. The average Bonchev–Trinajstić information content (AvgIpc) is 2.62. The summed E-state index contributed by atoms with van der Waals surface area (Å²) in [6, 6.07) is 17.1. The maximum absolute atomic E-state index is 13.1. The number of rotatable bonds is 5. The number of hydrogen-bond acceptors (Lipinski definition) is 4. The Morgan fingerprint density at radius 2 is 1.84 bits per heavy atom. The predicted octanol–water partition coefficient (Wildman–Crippen LogP) is 3.79. The van der Waals surface area contributed by atoms with Gasteiger partial charge in [-0.25, -0.2) is 4.39 Å². The van der Waals surface area contributed by atoms with Crippen molar-refractivity contribution >= 4 is 17.4 Å². The molecule has 1 amide bonds. The van der Waals surface area contributed by atoms with E-state index in [2.05, 4.69) is 20.8 Å². The minimum atomic E-state index is -0.441. The molecule has 0 fully saturated rings. The molecule has 2 N–H and O–H groups in total. The van der Waals surface area contributed by atoms with Gasteiger partial charge in [0, 0.05) is 12.2 Å². The Hall–Kier alpha value is -3.28. The Morgan fingerprint density at radius 1 is 1.04 bits per heavy atom. The van der Waals surface area contributed by atoms with Gasteiger partial charge in [0.25, 0.3) is 5.91 Å². The highest BCUT2D eigenvalue weighted by Crippen LogP contribution is 2.11. The SMILES string of the molecule is Cc1ccc(CNc2ccc(C(=O)Nc3cccc(F)c3)nn2)cc1. The number of aryl methyl sites for hydroxylation is 1. The highest BCUT2D eigenvalue weighted by Gasteiger charge is 2.09. The van der Waals surface area contributed by atoms with Crippen LogP contribution >= 0.6 is 0 Å². The summed E-state index contributed by atoms with van der Waals surface area (Å²) in [5.41, 5.74) is 2.86. The Labute approximate surface area is 144 Å². The van der Waals surface area contributed by atoms with Crippen LogP contribution in [0, 0.1) is 12.7 Å². The quantitative estimate of drug-likeness (QED) is 0.744. The zero-order chi connectivity index (χ0) is 17.6. The fraction of sp³-hybridized carbons (Fsp3) is 0.105. The van der Waals surface area contributed by atoms with Gasteiger partial charge >= 0.3 is 0 Å². The first-order valence-electron chi connectivity index (χ1n) is 7.80. The van der Waals surface area contributed by atoms with Crippen LogP contribution in [0.3, 0.4) is 0 Å². The zero-order valence-electron chi connectivity index (χ0n) is 13.7. The second-order valence-electron chi connectivity index (χ2n) is 5.61. The van der Waals surface area contributed by atoms with E-state index in [1.165, 1.54) is 23.8 Å². The number of halogens is 1. The van der Waals surface area contributed by atoms with Gasteiger partial charge in [0.05, 0.1) is 0 Å². The van der Waals surface area contributed by atoms with Gasteiger partial charge in [0.1, 0.15) is 11.6 Å². The van der Waals surface area contributed by atoms with Crippen LogP contribution < -0.4 is 10.6 Å². The molecular weight excluding hydrogens is 319 g/mol. The van der Waals surface area contributed by atoms with Crippen molar-refractivity contribution in [1.82, 2.24) is 10.2 Å². The van der Waals surface area contributed by atoms with Gasteiger partial charge < -0.3 is 10.6 Å². The van der Waals surface area contributed by atoms with E-state index in [-0.39, 0.29) is 5.69 Å². The van der Waals surface area contributed by atoms with E-state index in [1.54, 1.807) is 18.2 Å². The number of anilines is 2. The van der Waals surface area contributed by atoms with E-state index in [9.17, 15) is 9.18 Å². The van der Waals surface area contributed by atoms with Crippen molar-refractivity contribution in [3.05, 3.63) is 83.3 Å². The van der Waals surface area contributed by atoms with Gasteiger partial charge in [-0.2, -0.15) is 0 Å². The lowest BCUT2D eigenvalue weighted by Gasteiger charge is -2.07. The van der Waals surface area contributed by atoms with E-state index >= 15 is 0 Å². The molecule has 1 heterocycles. The number of carbonyl (C=O) groups excluding carboxylic acids is 1. The number of nitrogens with zero attached hydrogens (tertiary/aromatic N) is 2. The Morgan fingerprint density at radius 3 is 2.52 bits per heavy atom. The Bertz CT molecular complexity index is 863. The first-order valence-corrected chi connectivity index (χ1v) is 7.80. The van der Waals surface area contributed by atoms with Crippen molar-refractivity contribution in [2.45, 2.75) is 13.5 Å². The molecule has 126 valence electrons. The maximum atomic E-state index is 13.1. The first-order chi connectivity index (χ1) is 12.1. The van der Waals surface area contributed by atoms with Crippen LogP contribution in [0.25, 0.3) is 0 Å². The van der Waals surface area contributed by atoms with Crippen LogP contribution in [0.5, 0.6) is 0 Å². The van der Waals surface area contributed by atoms with Crippen molar-refractivity contribution in [3.8, 4) is 0 Å². The summed E-state index contributed by atoms with van der Waals surface area (Å²) < 4.78 is 13.1. The van der Waals surface area contributed by atoms with Crippen LogP contribution in [0.2, 0.25) is 0 Å². The lowest BCUT2D eigenvalue weighted by atomic mass is 10.1. The molecule has 0 saturated carbocycles. The number of nitrogens with one attached hydrogen (secondary N) is 2. The highest BCUT2D eigenvalue weighted by atomic mass is 19.1. The fourth-order valence-electron chi connectivity index (χ4n) is 2.21. The average molecular weight is 336 g/mol. The van der Waals surface area contributed by atoms with Crippen LogP contribution in [0.4, 0.5) is 15.9 Å². The molecule has 3 aromatic rings. The normalized spacial score (nSPS) is 10.3. The summed E-state index contributed by atoms with van der Waals surface area (Å²) in [5, 5.41) is 13.6. The summed E-state index contributed by atoms with van der Waals surface area (Å²) >= 11 is 0. The fourth-order valence-corrected chi connectivity index (χ4v) is 2.21. The zero-order valence-corrected chi connectivity index (χ0v) is 13.7. The van der Waals surface area contributed by atoms with Crippen molar-refractivity contribution in [3.63, 3.8) is 0 Å². The largest absolute Gasteiger partial charge is 0.365 e. The van der Waals surface area contributed by atoms with E-state index in [4.69, 9.17) is 0 Å². The molecule has 0 unspecified atom stereocenters. The third-order valence-electron chi connectivity index (χ3n) is 3.57. The van der Waals surface area contributed by atoms with Crippen molar-refractivity contribution < 1.29 is 9.18 Å². The molecule has 0 atom stereocenters. The molecule has 0 radical (unpaired) electrons. The van der Waals surface area contributed by atoms with E-state index in [0.29, 0.717) is 18.1 Å². The molecule has 6 heteroatoms. The number of amides is 1. The van der Waals surface area contributed by atoms with Gasteiger partial charge in [0.15, 0.2) is 5.69 Å². The summed E-state index contributed by atoms with van der Waals surface area (Å²) in [4.78, 5) is 12.1. The van der Waals surface area contributed by atoms with Crippen LogP contribution in [0.1, 0.15) is 21.6 Å². The lowest BCUT2D eigenvalue weighted by molar-refractivity contribution is 0.102. The maximum Gasteiger partial charge on any atom is 0.276 e. The lowest BCUT2D eigenvalue weighted by Crippen LogP contribution is -2.15. The van der Waals surface area contributed by atoms with Gasteiger partial charge in [-0.1, -0.05) is 35.9 Å². The van der Waals surface area contributed by atoms with Crippen LogP contribution in [-0.2, 0) is 6.54 Å². The number of benzene rings is 2. The third kappa shape index (κ3) is 4.60. The molecular formula is C19H17FN4O. The highest BCUT2D eigenvalue weighted by molar-refractivity contribution is 6.02. The number of carbonyl (C=O) groups is 1. The van der Waals surface area contributed by atoms with E-state index in [1.807, 2.05) is 31.2 Å². The number of aromatic nitrogens is 2. The molecule has 5 nitrogen and oxygen atoms in total. The van der Waals surface area contributed by atoms with E-state index < -0.39 is 11.7 Å². The molecule has 2 aromatic carbocycles. The Kier molecular flexibility index (Phi) is 4.99. The van der Waals surface area contributed by atoms with Gasteiger partial charge in [-0.15, -0.1) is 10.2 Å². The van der Waals surface area contributed by atoms with Crippen molar-refractivity contribution in [2.24, 2.45) is 0 Å². The minimum Gasteiger partial charge on any atom is -0.365 e. The molecule has 0 saturated heterocycles. The van der Waals surface area contributed by atoms with Gasteiger partial charge in [-0.3, -0.25) is 4.79 Å². The van der Waals surface area contributed by atoms with Gasteiger partial charge in [-0.05, 0) is 42.8 Å². The molecule has 0 aliphatic rings. The molecule has 1 aromatic heterocycles. The van der Waals surface area contributed by atoms with Crippen molar-refractivity contribution in [2.75, 3.05) is 10.6 Å². The summed E-state index contributed by atoms with van der Waals surface area (Å²) in [6.07, 6.45) is 0. The monoisotopic (exact) mass is 336 g/mol. The molecule has 3 rings (SSSR count). The third-order valence-corrected chi connectivity index (χ3v) is 3.57. The van der Waals surface area contributed by atoms with Gasteiger partial charge in [0.2, 0.25) is 0 Å².